The Morgan fingerprint density at radius 2 is 1.95 bits per heavy atom. The molecule has 0 fully saturated rings. The largest absolute Gasteiger partial charge is 0.489 e. The van der Waals surface area contributed by atoms with Crippen LogP contribution in [0.15, 0.2) is 48.5 Å². The molecule has 0 aliphatic rings. The molecule has 2 aromatic rings. The number of carbonyl (C=O) groups is 1. The highest BCUT2D eigenvalue weighted by Gasteiger charge is 2.15. The molecule has 0 saturated carbocycles. The quantitative estimate of drug-likeness (QED) is 0.855. The normalized spacial score (nSPS) is 11.9. The first-order valence-corrected chi connectivity index (χ1v) is 6.81. The average Bonchev–Trinajstić information content (AvgIpc) is 2.47. The van der Waals surface area contributed by atoms with Crippen LogP contribution in [0.2, 0.25) is 0 Å². The van der Waals surface area contributed by atoms with Crippen molar-refractivity contribution >= 4 is 5.97 Å². The monoisotopic (exact) mass is 285 g/mol. The molecule has 4 nitrogen and oxygen atoms in total. The molecule has 0 radical (unpaired) electrons. The lowest BCUT2D eigenvalue weighted by atomic mass is 10.0. The van der Waals surface area contributed by atoms with Crippen molar-refractivity contribution in [2.45, 2.75) is 26.0 Å². The van der Waals surface area contributed by atoms with Crippen LogP contribution in [-0.4, -0.2) is 17.1 Å². The Balaban J connectivity index is 2.13. The topological polar surface area (TPSA) is 72.5 Å². The third-order valence-electron chi connectivity index (χ3n) is 3.21. The summed E-state index contributed by atoms with van der Waals surface area (Å²) in [4.78, 5) is 10.9. The highest BCUT2D eigenvalue weighted by molar-refractivity contribution is 5.73. The SMILES string of the molecule is Cc1ccc(OCc2ccccc2)c(CC(N)C(=O)O)c1. The Morgan fingerprint density at radius 1 is 1.24 bits per heavy atom. The number of carboxylic acids is 1. The van der Waals surface area contributed by atoms with Gasteiger partial charge in [0.2, 0.25) is 0 Å². The molecule has 0 saturated heterocycles. The lowest BCUT2D eigenvalue weighted by Crippen LogP contribution is -2.32. The van der Waals surface area contributed by atoms with Gasteiger partial charge in [0.25, 0.3) is 0 Å². The van der Waals surface area contributed by atoms with Gasteiger partial charge < -0.3 is 15.6 Å². The molecule has 0 spiro atoms. The molecule has 0 amide bonds. The fourth-order valence-corrected chi connectivity index (χ4v) is 2.07. The number of benzene rings is 2. The van der Waals surface area contributed by atoms with Gasteiger partial charge in [0.05, 0.1) is 0 Å². The molecule has 0 aliphatic carbocycles. The zero-order valence-corrected chi connectivity index (χ0v) is 12.0. The fraction of sp³-hybridized carbons (Fsp3) is 0.235. The van der Waals surface area contributed by atoms with Gasteiger partial charge in [-0.15, -0.1) is 0 Å². The summed E-state index contributed by atoms with van der Waals surface area (Å²) in [6.45, 7) is 2.40. The molecule has 0 aliphatic heterocycles. The lowest BCUT2D eigenvalue weighted by molar-refractivity contribution is -0.138. The predicted molar refractivity (Wildman–Crippen MR) is 81.3 cm³/mol. The van der Waals surface area contributed by atoms with Crippen LogP contribution < -0.4 is 10.5 Å². The van der Waals surface area contributed by atoms with Gasteiger partial charge in [-0.2, -0.15) is 0 Å². The van der Waals surface area contributed by atoms with Crippen molar-refractivity contribution in [1.82, 2.24) is 0 Å². The molecule has 1 atom stereocenters. The average molecular weight is 285 g/mol. The highest BCUT2D eigenvalue weighted by Crippen LogP contribution is 2.22. The maximum atomic E-state index is 10.9. The van der Waals surface area contributed by atoms with E-state index < -0.39 is 12.0 Å². The van der Waals surface area contributed by atoms with Gasteiger partial charge in [-0.1, -0.05) is 48.0 Å². The van der Waals surface area contributed by atoms with Crippen LogP contribution in [0.5, 0.6) is 5.75 Å². The van der Waals surface area contributed by atoms with Crippen molar-refractivity contribution in [3.05, 3.63) is 65.2 Å². The molecule has 0 aromatic heterocycles. The summed E-state index contributed by atoms with van der Waals surface area (Å²) in [6.07, 6.45) is 0.251. The summed E-state index contributed by atoms with van der Waals surface area (Å²) in [5.74, 6) is -0.327. The van der Waals surface area contributed by atoms with Crippen LogP contribution in [0.25, 0.3) is 0 Å². The van der Waals surface area contributed by atoms with Crippen molar-refractivity contribution in [3.63, 3.8) is 0 Å². The Labute approximate surface area is 124 Å². The minimum Gasteiger partial charge on any atom is -0.489 e. The molecule has 3 N–H and O–H groups in total. The smallest absolute Gasteiger partial charge is 0.320 e. The Bertz CT molecular complexity index is 611. The maximum absolute atomic E-state index is 10.9. The second kappa shape index (κ2) is 6.90. The van der Waals surface area contributed by atoms with Crippen molar-refractivity contribution in [2.24, 2.45) is 5.73 Å². The van der Waals surface area contributed by atoms with Gasteiger partial charge in [-0.3, -0.25) is 4.79 Å². The van der Waals surface area contributed by atoms with E-state index in [1.165, 1.54) is 0 Å². The minimum absolute atomic E-state index is 0.251. The molecule has 110 valence electrons. The molecule has 21 heavy (non-hydrogen) atoms. The number of hydrogen-bond donors (Lipinski definition) is 2. The van der Waals surface area contributed by atoms with Gasteiger partial charge in [-0.25, -0.2) is 0 Å². The number of aryl methyl sites for hydroxylation is 1. The van der Waals surface area contributed by atoms with Gasteiger partial charge in [-0.05, 0) is 24.1 Å². The van der Waals surface area contributed by atoms with Crippen LogP contribution in [-0.2, 0) is 17.8 Å². The van der Waals surface area contributed by atoms with E-state index in [1.807, 2.05) is 55.5 Å². The molecule has 2 rings (SSSR count). The Kier molecular flexibility index (Phi) is 4.95. The van der Waals surface area contributed by atoms with Crippen molar-refractivity contribution in [1.29, 1.82) is 0 Å². The van der Waals surface area contributed by atoms with E-state index in [9.17, 15) is 4.79 Å². The van der Waals surface area contributed by atoms with E-state index in [0.717, 1.165) is 16.7 Å². The molecular formula is C17H19NO3. The van der Waals surface area contributed by atoms with Gasteiger partial charge in [0.15, 0.2) is 0 Å². The van der Waals surface area contributed by atoms with E-state index >= 15 is 0 Å². The maximum Gasteiger partial charge on any atom is 0.320 e. The summed E-state index contributed by atoms with van der Waals surface area (Å²) >= 11 is 0. The number of hydrogen-bond acceptors (Lipinski definition) is 3. The van der Waals surface area contributed by atoms with Crippen molar-refractivity contribution in [2.75, 3.05) is 0 Å². The van der Waals surface area contributed by atoms with Gasteiger partial charge in [0, 0.05) is 6.42 Å². The fourth-order valence-electron chi connectivity index (χ4n) is 2.07. The van der Waals surface area contributed by atoms with E-state index in [4.69, 9.17) is 15.6 Å². The summed E-state index contributed by atoms with van der Waals surface area (Å²) in [7, 11) is 0. The number of ether oxygens (including phenoxy) is 1. The molecule has 0 heterocycles. The van der Waals surface area contributed by atoms with Crippen LogP contribution >= 0.6 is 0 Å². The number of aliphatic carboxylic acids is 1. The molecular weight excluding hydrogens is 266 g/mol. The molecule has 2 aromatic carbocycles. The van der Waals surface area contributed by atoms with E-state index in [0.29, 0.717) is 12.4 Å². The molecule has 1 unspecified atom stereocenters. The second-order valence-electron chi connectivity index (χ2n) is 5.03. The number of nitrogens with two attached hydrogens (primary N) is 1. The third-order valence-corrected chi connectivity index (χ3v) is 3.21. The van der Waals surface area contributed by atoms with E-state index in [1.54, 1.807) is 0 Å². The first-order valence-electron chi connectivity index (χ1n) is 6.81. The van der Waals surface area contributed by atoms with E-state index in [-0.39, 0.29) is 6.42 Å². The zero-order chi connectivity index (χ0) is 15.2. The zero-order valence-electron chi connectivity index (χ0n) is 12.0. The summed E-state index contributed by atoms with van der Waals surface area (Å²) in [5.41, 5.74) is 8.55. The molecule has 4 heteroatoms. The second-order valence-corrected chi connectivity index (χ2v) is 5.03. The number of rotatable bonds is 6. The first-order chi connectivity index (χ1) is 10.1. The van der Waals surface area contributed by atoms with Gasteiger partial charge >= 0.3 is 5.97 Å². The van der Waals surface area contributed by atoms with E-state index in [2.05, 4.69) is 0 Å². The standard InChI is InChI=1S/C17H19NO3/c1-12-7-8-16(14(9-12)10-15(18)17(19)20)21-11-13-5-3-2-4-6-13/h2-9,15H,10-11,18H2,1H3,(H,19,20). The van der Waals surface area contributed by atoms with Crippen LogP contribution in [0.3, 0.4) is 0 Å². The highest BCUT2D eigenvalue weighted by atomic mass is 16.5. The summed E-state index contributed by atoms with van der Waals surface area (Å²) in [6, 6.07) is 14.6. The van der Waals surface area contributed by atoms with Crippen LogP contribution in [0, 0.1) is 6.92 Å². The Hall–Kier alpha value is -2.33. The summed E-state index contributed by atoms with van der Waals surface area (Å²) < 4.78 is 5.81. The van der Waals surface area contributed by atoms with Crippen LogP contribution in [0.4, 0.5) is 0 Å². The van der Waals surface area contributed by atoms with Crippen molar-refractivity contribution in [3.8, 4) is 5.75 Å². The first kappa shape index (κ1) is 15.1. The number of carboxylic acid groups (broad SMARTS) is 1. The lowest BCUT2D eigenvalue weighted by Gasteiger charge is -2.14. The minimum atomic E-state index is -1.01. The predicted octanol–water partition coefficient (Wildman–Crippen LogP) is 2.53. The van der Waals surface area contributed by atoms with Crippen LogP contribution in [0.1, 0.15) is 16.7 Å². The van der Waals surface area contributed by atoms with Gasteiger partial charge in [0.1, 0.15) is 18.4 Å². The molecule has 0 bridgehead atoms. The van der Waals surface area contributed by atoms with Crippen molar-refractivity contribution < 1.29 is 14.6 Å². The summed E-state index contributed by atoms with van der Waals surface area (Å²) in [5, 5.41) is 8.95. The third kappa shape index (κ3) is 4.33. The Morgan fingerprint density at radius 3 is 2.62 bits per heavy atom.